The lowest BCUT2D eigenvalue weighted by molar-refractivity contribution is -0.137. The molecule has 2 N–H and O–H groups in total. The molecule has 1 aromatic heterocycles. The zero-order valence-corrected chi connectivity index (χ0v) is 21.3. The van der Waals surface area contributed by atoms with Crippen molar-refractivity contribution in [2.45, 2.75) is 45.6 Å². The van der Waals surface area contributed by atoms with Gasteiger partial charge in [-0.05, 0) is 73.0 Å². The van der Waals surface area contributed by atoms with Gasteiger partial charge in [0.2, 0.25) is 0 Å². The first-order valence-electron chi connectivity index (χ1n) is 12.8. The summed E-state index contributed by atoms with van der Waals surface area (Å²) in [5, 5.41) is 13.4. The topological polar surface area (TPSA) is 88.8 Å². The van der Waals surface area contributed by atoms with Crippen molar-refractivity contribution in [1.29, 1.82) is 0 Å². The average molecular weight is 500 g/mol. The van der Waals surface area contributed by atoms with Crippen LogP contribution in [-0.4, -0.2) is 29.5 Å². The second-order valence-electron chi connectivity index (χ2n) is 9.37. The van der Waals surface area contributed by atoms with Crippen molar-refractivity contribution >= 4 is 28.4 Å². The number of benzene rings is 3. The van der Waals surface area contributed by atoms with Crippen molar-refractivity contribution in [1.82, 2.24) is 0 Å². The number of carboxylic acid groups (broad SMARTS) is 1. The predicted octanol–water partition coefficient (Wildman–Crippen LogP) is 7.44. The fourth-order valence-electron chi connectivity index (χ4n) is 4.17. The van der Waals surface area contributed by atoms with Crippen LogP contribution in [0.3, 0.4) is 0 Å². The summed E-state index contributed by atoms with van der Waals surface area (Å²) in [5.74, 6) is 1.06. The zero-order chi connectivity index (χ0) is 26.2. The third kappa shape index (κ3) is 7.00. The Morgan fingerprint density at radius 1 is 0.973 bits per heavy atom. The van der Waals surface area contributed by atoms with Gasteiger partial charge in [-0.2, -0.15) is 0 Å². The van der Waals surface area contributed by atoms with Crippen molar-refractivity contribution < 1.29 is 23.8 Å². The maximum Gasteiger partial charge on any atom is 0.303 e. The molecular weight excluding hydrogens is 466 g/mol. The van der Waals surface area contributed by atoms with E-state index in [-0.39, 0.29) is 24.7 Å². The lowest BCUT2D eigenvalue weighted by Crippen LogP contribution is -2.33. The van der Waals surface area contributed by atoms with Gasteiger partial charge in [-0.3, -0.25) is 9.59 Å². The summed E-state index contributed by atoms with van der Waals surface area (Å²) in [6, 6.07) is 25.4. The molecular formula is C31H33NO5. The number of nitrogens with one attached hydrogen (secondary N) is 1. The first-order valence-corrected chi connectivity index (χ1v) is 12.8. The second kappa shape index (κ2) is 12.3. The minimum Gasteiger partial charge on any atom is -0.491 e. The maximum atomic E-state index is 12.3. The number of hydrogen-bond donors (Lipinski definition) is 2. The minimum atomic E-state index is -0.882. The number of anilines is 1. The number of fused-ring (bicyclic) bond motifs is 1. The van der Waals surface area contributed by atoms with Gasteiger partial charge < -0.3 is 19.6 Å². The van der Waals surface area contributed by atoms with Crippen LogP contribution in [-0.2, 0) is 4.79 Å². The van der Waals surface area contributed by atoms with E-state index in [9.17, 15) is 9.59 Å². The van der Waals surface area contributed by atoms with E-state index in [0.717, 1.165) is 40.2 Å². The summed E-state index contributed by atoms with van der Waals surface area (Å²) in [7, 11) is 0. The van der Waals surface area contributed by atoms with E-state index in [1.54, 1.807) is 12.1 Å². The molecule has 0 bridgehead atoms. The highest BCUT2D eigenvalue weighted by Gasteiger charge is 2.17. The van der Waals surface area contributed by atoms with E-state index in [4.69, 9.17) is 14.3 Å². The molecule has 192 valence electrons. The van der Waals surface area contributed by atoms with E-state index >= 15 is 0 Å². The van der Waals surface area contributed by atoms with Gasteiger partial charge in [0.05, 0.1) is 6.04 Å². The number of aliphatic carboxylic acids is 1. The van der Waals surface area contributed by atoms with Gasteiger partial charge in [0.15, 0.2) is 5.78 Å². The summed E-state index contributed by atoms with van der Waals surface area (Å²) in [6.45, 7) is 4.83. The van der Waals surface area contributed by atoms with E-state index in [0.29, 0.717) is 24.5 Å². The fraction of sp³-hybridized carbons (Fsp3) is 0.290. The van der Waals surface area contributed by atoms with Crippen LogP contribution in [0.2, 0.25) is 0 Å². The maximum absolute atomic E-state index is 12.3. The molecule has 6 heteroatoms. The smallest absolute Gasteiger partial charge is 0.303 e. The highest BCUT2D eigenvalue weighted by Crippen LogP contribution is 2.29. The molecule has 37 heavy (non-hydrogen) atoms. The molecule has 4 aromatic rings. The molecule has 0 aliphatic heterocycles. The largest absolute Gasteiger partial charge is 0.491 e. The predicted molar refractivity (Wildman–Crippen MR) is 146 cm³/mol. The van der Waals surface area contributed by atoms with E-state index in [1.807, 2.05) is 66.7 Å². The Hall–Kier alpha value is -4.06. The van der Waals surface area contributed by atoms with Crippen LogP contribution in [0.25, 0.3) is 22.3 Å². The van der Waals surface area contributed by atoms with Crippen LogP contribution in [0, 0.1) is 5.92 Å². The zero-order valence-electron chi connectivity index (χ0n) is 21.3. The average Bonchev–Trinajstić information content (AvgIpc) is 3.35. The van der Waals surface area contributed by atoms with E-state index in [2.05, 4.69) is 19.2 Å². The number of Topliss-reactive ketones (excluding diaryl/α,β-unsaturated/α-hetero) is 1. The van der Waals surface area contributed by atoms with Crippen LogP contribution in [0.15, 0.2) is 83.3 Å². The third-order valence-electron chi connectivity index (χ3n) is 6.68. The van der Waals surface area contributed by atoms with Crippen LogP contribution in [0.1, 0.15) is 49.9 Å². The molecule has 0 aliphatic rings. The van der Waals surface area contributed by atoms with Gasteiger partial charge in [-0.15, -0.1) is 0 Å². The Balaban J connectivity index is 1.35. The molecule has 0 amide bonds. The van der Waals surface area contributed by atoms with Crippen molar-refractivity contribution in [3.8, 4) is 17.1 Å². The van der Waals surface area contributed by atoms with E-state index < -0.39 is 5.97 Å². The van der Waals surface area contributed by atoms with E-state index in [1.165, 1.54) is 0 Å². The number of carbonyl (C=O) groups is 2. The number of hydrogen-bond acceptors (Lipinski definition) is 5. The Morgan fingerprint density at radius 3 is 2.38 bits per heavy atom. The molecule has 6 nitrogen and oxygen atoms in total. The second-order valence-corrected chi connectivity index (χ2v) is 9.37. The van der Waals surface area contributed by atoms with Crippen LogP contribution >= 0.6 is 0 Å². The van der Waals surface area contributed by atoms with Crippen LogP contribution in [0.5, 0.6) is 5.75 Å². The quantitative estimate of drug-likeness (QED) is 0.186. The van der Waals surface area contributed by atoms with Gasteiger partial charge in [-0.25, -0.2) is 0 Å². The minimum absolute atomic E-state index is 0.00456. The molecule has 0 radical (unpaired) electrons. The van der Waals surface area contributed by atoms with Crippen LogP contribution < -0.4 is 10.1 Å². The van der Waals surface area contributed by atoms with Crippen LogP contribution in [0.4, 0.5) is 5.69 Å². The summed E-state index contributed by atoms with van der Waals surface area (Å²) in [4.78, 5) is 23.0. The first-order chi connectivity index (χ1) is 17.9. The highest BCUT2D eigenvalue weighted by atomic mass is 16.5. The Kier molecular flexibility index (Phi) is 8.62. The molecule has 1 heterocycles. The number of ketones is 1. The molecule has 4 rings (SSSR count). The number of carbonyl (C=O) groups excluding carboxylic acids is 1. The molecule has 0 saturated carbocycles. The van der Waals surface area contributed by atoms with Gasteiger partial charge in [0.1, 0.15) is 23.7 Å². The summed E-state index contributed by atoms with van der Waals surface area (Å²) < 4.78 is 12.1. The number of para-hydroxylation sites is 1. The van der Waals surface area contributed by atoms with Gasteiger partial charge >= 0.3 is 5.97 Å². The van der Waals surface area contributed by atoms with Gasteiger partial charge in [0, 0.05) is 35.0 Å². The molecule has 3 aromatic carbocycles. The lowest BCUT2D eigenvalue weighted by Gasteiger charge is -2.25. The normalized spacial score (nSPS) is 12.7. The summed E-state index contributed by atoms with van der Waals surface area (Å²) >= 11 is 0. The Bertz CT molecular complexity index is 1290. The van der Waals surface area contributed by atoms with Crippen molar-refractivity contribution in [2.24, 2.45) is 5.92 Å². The monoisotopic (exact) mass is 499 g/mol. The third-order valence-corrected chi connectivity index (χ3v) is 6.68. The number of rotatable bonds is 13. The summed E-state index contributed by atoms with van der Waals surface area (Å²) in [5.41, 5.74) is 3.38. The molecule has 0 saturated heterocycles. The van der Waals surface area contributed by atoms with Crippen molar-refractivity contribution in [2.75, 3.05) is 11.9 Å². The Labute approximate surface area is 217 Å². The fourth-order valence-corrected chi connectivity index (χ4v) is 4.17. The molecule has 0 aliphatic carbocycles. The Morgan fingerprint density at radius 2 is 1.70 bits per heavy atom. The number of carboxylic acids is 1. The van der Waals surface area contributed by atoms with Crippen molar-refractivity contribution in [3.05, 3.63) is 84.4 Å². The number of ether oxygens (including phenoxy) is 1. The SMILES string of the molecule is CC[C@H](C)[C@@H](COc1ccc(-c2cc3ccccc3o2)cc1)Nc1ccc(C(=O)CCCC(=O)O)cc1. The number of furan rings is 1. The lowest BCUT2D eigenvalue weighted by atomic mass is 9.99. The van der Waals surface area contributed by atoms with Gasteiger partial charge in [-0.1, -0.05) is 38.5 Å². The highest BCUT2D eigenvalue weighted by molar-refractivity contribution is 5.96. The first kappa shape index (κ1) is 26.0. The summed E-state index contributed by atoms with van der Waals surface area (Å²) in [6.07, 6.45) is 1.58. The molecule has 2 atom stereocenters. The molecule has 0 spiro atoms. The van der Waals surface area contributed by atoms with Crippen molar-refractivity contribution in [3.63, 3.8) is 0 Å². The molecule has 0 fully saturated rings. The molecule has 0 unspecified atom stereocenters. The van der Waals surface area contributed by atoms with Gasteiger partial charge in [0.25, 0.3) is 0 Å². The standard InChI is InChI=1S/C31H33NO5/c1-3-21(2)27(32-25-15-11-22(12-16-25)28(33)8-6-10-31(34)35)20-36-26-17-13-23(14-18-26)30-19-24-7-4-5-9-29(24)37-30/h4-5,7,9,11-19,21,27,32H,3,6,8,10,20H2,1-2H3,(H,34,35)/t21-,27+/m0/s1.